The maximum absolute atomic E-state index is 6.56. The Morgan fingerprint density at radius 3 is 2.78 bits per heavy atom. The van der Waals surface area contributed by atoms with Crippen LogP contribution in [0.4, 0.5) is 0 Å². The van der Waals surface area contributed by atoms with Crippen LogP contribution in [0.2, 0.25) is 5.02 Å². The Hall–Kier alpha value is -1.55. The van der Waals surface area contributed by atoms with Gasteiger partial charge in [0.25, 0.3) is 0 Å². The lowest BCUT2D eigenvalue weighted by Crippen LogP contribution is -2.29. The first-order valence-electron chi connectivity index (χ1n) is 7.99. The summed E-state index contributed by atoms with van der Waals surface area (Å²) in [4.78, 5) is 3.97. The summed E-state index contributed by atoms with van der Waals surface area (Å²) >= 11 is 8.38. The molecule has 3 heterocycles. The summed E-state index contributed by atoms with van der Waals surface area (Å²) in [5.41, 5.74) is 2.54. The zero-order valence-corrected chi connectivity index (χ0v) is 14.4. The van der Waals surface area contributed by atoms with Gasteiger partial charge in [-0.05, 0) is 41.6 Å². The molecular formula is C19H19ClN2S. The Balaban J connectivity index is 1.79. The highest BCUT2D eigenvalue weighted by Crippen LogP contribution is 2.36. The lowest BCUT2D eigenvalue weighted by Gasteiger charge is -2.30. The van der Waals surface area contributed by atoms with E-state index >= 15 is 0 Å². The van der Waals surface area contributed by atoms with Crippen LogP contribution in [0.15, 0.2) is 60.1 Å². The molecule has 3 aromatic rings. The molecular weight excluding hydrogens is 324 g/mol. The van der Waals surface area contributed by atoms with E-state index in [1.54, 1.807) is 0 Å². The fourth-order valence-electron chi connectivity index (χ4n) is 3.47. The number of rotatable bonds is 3. The second-order valence-electron chi connectivity index (χ2n) is 5.95. The van der Waals surface area contributed by atoms with Gasteiger partial charge in [-0.3, -0.25) is 4.90 Å². The number of halogens is 1. The van der Waals surface area contributed by atoms with Crippen molar-refractivity contribution in [1.29, 1.82) is 0 Å². The number of aromatic nitrogens is 1. The molecule has 4 heteroatoms. The molecule has 1 unspecified atom stereocenters. The smallest absolute Gasteiger partial charge is 0.0773 e. The summed E-state index contributed by atoms with van der Waals surface area (Å²) in [6.07, 6.45) is 3.35. The summed E-state index contributed by atoms with van der Waals surface area (Å²) < 4.78 is 2.38. The third-order valence-electron chi connectivity index (χ3n) is 4.49. The molecule has 0 radical (unpaired) electrons. The minimum atomic E-state index is 0.211. The Kier molecular flexibility index (Phi) is 4.25. The van der Waals surface area contributed by atoms with Gasteiger partial charge < -0.3 is 4.57 Å². The van der Waals surface area contributed by atoms with Gasteiger partial charge in [0.2, 0.25) is 0 Å². The maximum Gasteiger partial charge on any atom is 0.0773 e. The summed E-state index contributed by atoms with van der Waals surface area (Å²) in [5.74, 6) is 0. The summed E-state index contributed by atoms with van der Waals surface area (Å²) in [5, 5.41) is 3.00. The molecule has 23 heavy (non-hydrogen) atoms. The highest BCUT2D eigenvalue weighted by molar-refractivity contribution is 7.09. The molecule has 0 amide bonds. The van der Waals surface area contributed by atoms with Crippen LogP contribution in [0, 0.1) is 0 Å². The zero-order valence-electron chi connectivity index (χ0n) is 12.9. The van der Waals surface area contributed by atoms with Gasteiger partial charge >= 0.3 is 0 Å². The molecule has 4 rings (SSSR count). The number of nitrogens with zero attached hydrogens (tertiary/aromatic N) is 2. The van der Waals surface area contributed by atoms with Crippen molar-refractivity contribution in [2.45, 2.75) is 25.6 Å². The first-order chi connectivity index (χ1) is 11.3. The number of benzene rings is 1. The minimum Gasteiger partial charge on any atom is -0.350 e. The minimum absolute atomic E-state index is 0.211. The van der Waals surface area contributed by atoms with Gasteiger partial charge in [0, 0.05) is 41.4 Å². The van der Waals surface area contributed by atoms with Crippen LogP contribution in [0.1, 0.15) is 28.6 Å². The van der Waals surface area contributed by atoms with Gasteiger partial charge in [-0.1, -0.05) is 35.9 Å². The van der Waals surface area contributed by atoms with Crippen molar-refractivity contribution >= 4 is 22.9 Å². The van der Waals surface area contributed by atoms with E-state index in [-0.39, 0.29) is 6.04 Å². The number of aryl methyl sites for hydroxylation is 1. The average Bonchev–Trinajstić information content (AvgIpc) is 3.19. The Morgan fingerprint density at radius 2 is 1.96 bits per heavy atom. The maximum atomic E-state index is 6.56. The Labute approximate surface area is 145 Å². The summed E-state index contributed by atoms with van der Waals surface area (Å²) in [6, 6.07) is 17.2. The second-order valence-corrected chi connectivity index (χ2v) is 7.39. The molecule has 2 nitrogen and oxygen atoms in total. The van der Waals surface area contributed by atoms with Crippen molar-refractivity contribution in [1.82, 2.24) is 9.47 Å². The monoisotopic (exact) mass is 342 g/mol. The standard InChI is InChI=1S/C19H19ClN2S/c20-17-8-2-1-7-16(17)19-18-9-3-10-21(18)11-5-12-22(19)14-15-6-4-13-23-15/h1-4,6-10,13,19H,5,11-12,14H2. The van der Waals surface area contributed by atoms with E-state index < -0.39 is 0 Å². The van der Waals surface area contributed by atoms with Crippen molar-refractivity contribution in [3.63, 3.8) is 0 Å². The quantitative estimate of drug-likeness (QED) is 0.635. The van der Waals surface area contributed by atoms with E-state index in [0.29, 0.717) is 0 Å². The van der Waals surface area contributed by atoms with Crippen LogP contribution in [0.3, 0.4) is 0 Å². The Bertz CT molecular complexity index is 778. The van der Waals surface area contributed by atoms with E-state index in [1.807, 2.05) is 23.5 Å². The predicted octanol–water partition coefficient (Wildman–Crippen LogP) is 5.20. The van der Waals surface area contributed by atoms with E-state index in [2.05, 4.69) is 57.4 Å². The molecule has 0 aliphatic carbocycles. The highest BCUT2D eigenvalue weighted by atomic mass is 35.5. The fourth-order valence-corrected chi connectivity index (χ4v) is 4.43. The first kappa shape index (κ1) is 15.0. The van der Waals surface area contributed by atoms with Gasteiger partial charge in [0.15, 0.2) is 0 Å². The summed E-state index contributed by atoms with van der Waals surface area (Å²) in [7, 11) is 0. The lowest BCUT2D eigenvalue weighted by molar-refractivity contribution is 0.222. The van der Waals surface area contributed by atoms with Crippen LogP contribution in [-0.2, 0) is 13.1 Å². The molecule has 118 valence electrons. The van der Waals surface area contributed by atoms with Crippen LogP contribution < -0.4 is 0 Å². The van der Waals surface area contributed by atoms with Gasteiger partial charge in [0.05, 0.1) is 6.04 Å². The second kappa shape index (κ2) is 6.52. The Morgan fingerprint density at radius 1 is 1.04 bits per heavy atom. The lowest BCUT2D eigenvalue weighted by atomic mass is 10.0. The molecule has 2 aromatic heterocycles. The van der Waals surface area contributed by atoms with Gasteiger partial charge in [-0.2, -0.15) is 0 Å². The van der Waals surface area contributed by atoms with Gasteiger partial charge in [-0.15, -0.1) is 11.3 Å². The molecule has 1 aromatic carbocycles. The molecule has 0 spiro atoms. The van der Waals surface area contributed by atoms with E-state index in [9.17, 15) is 0 Å². The van der Waals surface area contributed by atoms with Crippen molar-refractivity contribution in [2.24, 2.45) is 0 Å². The van der Waals surface area contributed by atoms with Crippen molar-refractivity contribution in [3.05, 3.63) is 81.3 Å². The third-order valence-corrected chi connectivity index (χ3v) is 5.70. The molecule has 0 saturated carbocycles. The van der Waals surface area contributed by atoms with Gasteiger partial charge in [-0.25, -0.2) is 0 Å². The average molecular weight is 343 g/mol. The number of fused-ring (bicyclic) bond motifs is 1. The molecule has 1 aliphatic heterocycles. The van der Waals surface area contributed by atoms with Crippen molar-refractivity contribution in [3.8, 4) is 0 Å². The normalized spacial score (nSPS) is 18.6. The largest absolute Gasteiger partial charge is 0.350 e. The molecule has 0 fully saturated rings. The molecule has 1 aliphatic rings. The molecule has 0 saturated heterocycles. The predicted molar refractivity (Wildman–Crippen MR) is 97.1 cm³/mol. The van der Waals surface area contributed by atoms with Crippen molar-refractivity contribution < 1.29 is 0 Å². The van der Waals surface area contributed by atoms with Crippen LogP contribution in [0.25, 0.3) is 0 Å². The summed E-state index contributed by atoms with van der Waals surface area (Å²) in [6.45, 7) is 3.12. The van der Waals surface area contributed by atoms with E-state index in [0.717, 1.165) is 31.1 Å². The van der Waals surface area contributed by atoms with Gasteiger partial charge in [0.1, 0.15) is 0 Å². The molecule has 0 bridgehead atoms. The topological polar surface area (TPSA) is 8.17 Å². The van der Waals surface area contributed by atoms with E-state index in [4.69, 9.17) is 11.6 Å². The van der Waals surface area contributed by atoms with Crippen LogP contribution in [-0.4, -0.2) is 16.0 Å². The van der Waals surface area contributed by atoms with Crippen molar-refractivity contribution in [2.75, 3.05) is 6.54 Å². The third kappa shape index (κ3) is 2.97. The highest BCUT2D eigenvalue weighted by Gasteiger charge is 2.28. The SMILES string of the molecule is Clc1ccccc1C1c2cccn2CCCN1Cc1cccs1. The molecule has 1 atom stereocenters. The number of hydrogen-bond donors (Lipinski definition) is 0. The van der Waals surface area contributed by atoms with E-state index in [1.165, 1.54) is 16.1 Å². The number of thiophene rings is 1. The number of hydrogen-bond acceptors (Lipinski definition) is 2. The fraction of sp³-hybridized carbons (Fsp3) is 0.263. The zero-order chi connectivity index (χ0) is 15.6. The molecule has 0 N–H and O–H groups in total. The first-order valence-corrected chi connectivity index (χ1v) is 9.24. The van der Waals surface area contributed by atoms with Crippen LogP contribution >= 0.6 is 22.9 Å². The van der Waals surface area contributed by atoms with Crippen LogP contribution in [0.5, 0.6) is 0 Å².